The van der Waals surface area contributed by atoms with E-state index in [1.165, 1.54) is 27.8 Å². The van der Waals surface area contributed by atoms with Crippen LogP contribution >= 0.6 is 0 Å². The van der Waals surface area contributed by atoms with Gasteiger partial charge in [0.2, 0.25) is 0 Å². The monoisotopic (exact) mass is 268 g/mol. The summed E-state index contributed by atoms with van der Waals surface area (Å²) in [5.74, 6) is 0. The summed E-state index contributed by atoms with van der Waals surface area (Å²) >= 11 is 0. The summed E-state index contributed by atoms with van der Waals surface area (Å²) in [7, 11) is 0. The third kappa shape index (κ3) is 3.29. The zero-order valence-corrected chi connectivity index (χ0v) is 12.9. The van der Waals surface area contributed by atoms with Crippen LogP contribution in [-0.2, 0) is 12.8 Å². The molecule has 0 heterocycles. The Morgan fingerprint density at radius 3 is 1.90 bits per heavy atom. The van der Waals surface area contributed by atoms with Gasteiger partial charge in [-0.25, -0.2) is 0 Å². The maximum atomic E-state index is 10.6. The second kappa shape index (κ2) is 6.23. The maximum absolute atomic E-state index is 10.6. The van der Waals surface area contributed by atoms with Gasteiger partial charge in [-0.1, -0.05) is 48.9 Å². The SMILES string of the molecule is CCc1ccc(CC(O)c2c(C)cc(C)cc2C)cc1. The van der Waals surface area contributed by atoms with Gasteiger partial charge in [0.15, 0.2) is 0 Å². The topological polar surface area (TPSA) is 20.2 Å². The van der Waals surface area contributed by atoms with E-state index in [0.29, 0.717) is 6.42 Å². The molecule has 0 bridgehead atoms. The van der Waals surface area contributed by atoms with Crippen molar-refractivity contribution in [3.63, 3.8) is 0 Å². The standard InChI is InChI=1S/C19H24O/c1-5-16-6-8-17(9-7-16)12-18(20)19-14(3)10-13(2)11-15(19)4/h6-11,18,20H,5,12H2,1-4H3. The molecule has 0 aliphatic rings. The molecule has 106 valence electrons. The molecule has 0 aliphatic carbocycles. The van der Waals surface area contributed by atoms with E-state index in [9.17, 15) is 5.11 Å². The van der Waals surface area contributed by atoms with Crippen LogP contribution in [0.15, 0.2) is 36.4 Å². The van der Waals surface area contributed by atoms with E-state index in [4.69, 9.17) is 0 Å². The van der Waals surface area contributed by atoms with Crippen LogP contribution in [0.2, 0.25) is 0 Å². The fraction of sp³-hybridized carbons (Fsp3) is 0.368. The molecule has 1 atom stereocenters. The minimum Gasteiger partial charge on any atom is -0.388 e. The predicted molar refractivity (Wildman–Crippen MR) is 85.1 cm³/mol. The molecule has 0 fully saturated rings. The van der Waals surface area contributed by atoms with Crippen molar-refractivity contribution in [3.05, 3.63) is 69.8 Å². The lowest BCUT2D eigenvalue weighted by Gasteiger charge is -2.18. The van der Waals surface area contributed by atoms with Crippen molar-refractivity contribution in [2.75, 3.05) is 0 Å². The summed E-state index contributed by atoms with van der Waals surface area (Å²) < 4.78 is 0. The predicted octanol–water partition coefficient (Wildman–Crippen LogP) is 4.45. The number of aryl methyl sites for hydroxylation is 4. The molecule has 0 aliphatic heterocycles. The number of hydrogen-bond acceptors (Lipinski definition) is 1. The Morgan fingerprint density at radius 1 is 0.900 bits per heavy atom. The van der Waals surface area contributed by atoms with Crippen LogP contribution < -0.4 is 0 Å². The molecule has 2 aromatic carbocycles. The maximum Gasteiger partial charge on any atom is 0.0835 e. The van der Waals surface area contributed by atoms with E-state index >= 15 is 0 Å². The Labute approximate surface area is 122 Å². The van der Waals surface area contributed by atoms with Crippen molar-refractivity contribution >= 4 is 0 Å². The largest absolute Gasteiger partial charge is 0.388 e. The number of rotatable bonds is 4. The number of hydrogen-bond donors (Lipinski definition) is 1. The second-order valence-corrected chi connectivity index (χ2v) is 5.70. The molecule has 1 N–H and O–H groups in total. The third-order valence-electron chi connectivity index (χ3n) is 3.93. The summed E-state index contributed by atoms with van der Waals surface area (Å²) in [4.78, 5) is 0. The molecule has 0 spiro atoms. The van der Waals surface area contributed by atoms with Crippen LogP contribution in [-0.4, -0.2) is 5.11 Å². The molecule has 0 saturated heterocycles. The van der Waals surface area contributed by atoms with Crippen LogP contribution in [0, 0.1) is 20.8 Å². The molecular weight excluding hydrogens is 244 g/mol. The molecule has 0 amide bonds. The van der Waals surface area contributed by atoms with E-state index in [2.05, 4.69) is 64.1 Å². The lowest BCUT2D eigenvalue weighted by molar-refractivity contribution is 0.177. The van der Waals surface area contributed by atoms with Crippen LogP contribution in [0.1, 0.15) is 46.4 Å². The molecule has 0 saturated carbocycles. The van der Waals surface area contributed by atoms with Gasteiger partial charge < -0.3 is 5.11 Å². The van der Waals surface area contributed by atoms with Crippen molar-refractivity contribution in [2.45, 2.75) is 46.6 Å². The van der Waals surface area contributed by atoms with Gasteiger partial charge in [-0.3, -0.25) is 0 Å². The van der Waals surface area contributed by atoms with Gasteiger partial charge in [0, 0.05) is 6.42 Å². The van der Waals surface area contributed by atoms with Gasteiger partial charge in [0.1, 0.15) is 0 Å². The molecular formula is C19H24O. The van der Waals surface area contributed by atoms with Crippen LogP contribution in [0.5, 0.6) is 0 Å². The Hall–Kier alpha value is -1.60. The smallest absolute Gasteiger partial charge is 0.0835 e. The highest BCUT2D eigenvalue weighted by atomic mass is 16.3. The first-order valence-corrected chi connectivity index (χ1v) is 7.35. The molecule has 1 nitrogen and oxygen atoms in total. The van der Waals surface area contributed by atoms with Crippen molar-refractivity contribution in [1.82, 2.24) is 0 Å². The highest BCUT2D eigenvalue weighted by molar-refractivity contribution is 5.39. The molecule has 20 heavy (non-hydrogen) atoms. The quantitative estimate of drug-likeness (QED) is 0.868. The second-order valence-electron chi connectivity index (χ2n) is 5.70. The first-order valence-electron chi connectivity index (χ1n) is 7.35. The summed E-state index contributed by atoms with van der Waals surface area (Å²) in [6.45, 7) is 8.42. The summed E-state index contributed by atoms with van der Waals surface area (Å²) in [5.41, 5.74) is 7.22. The Bertz CT molecular complexity index is 558. The lowest BCUT2D eigenvalue weighted by atomic mass is 9.92. The average molecular weight is 268 g/mol. The van der Waals surface area contributed by atoms with Crippen molar-refractivity contribution < 1.29 is 5.11 Å². The van der Waals surface area contributed by atoms with Crippen molar-refractivity contribution in [1.29, 1.82) is 0 Å². The Balaban J connectivity index is 2.21. The molecule has 0 aromatic heterocycles. The molecule has 0 radical (unpaired) electrons. The van der Waals surface area contributed by atoms with E-state index in [1.807, 2.05) is 0 Å². The Kier molecular flexibility index (Phi) is 4.61. The Morgan fingerprint density at radius 2 is 1.40 bits per heavy atom. The van der Waals surface area contributed by atoms with E-state index < -0.39 is 6.10 Å². The van der Waals surface area contributed by atoms with Gasteiger partial charge in [0.25, 0.3) is 0 Å². The molecule has 1 unspecified atom stereocenters. The summed E-state index contributed by atoms with van der Waals surface area (Å²) in [6, 6.07) is 12.8. The van der Waals surface area contributed by atoms with Gasteiger partial charge in [-0.15, -0.1) is 0 Å². The number of aliphatic hydroxyl groups is 1. The van der Waals surface area contributed by atoms with Gasteiger partial charge in [-0.05, 0) is 55.0 Å². The van der Waals surface area contributed by atoms with Crippen LogP contribution in [0.4, 0.5) is 0 Å². The minimum atomic E-state index is -0.428. The minimum absolute atomic E-state index is 0.428. The van der Waals surface area contributed by atoms with E-state index in [1.54, 1.807) is 0 Å². The fourth-order valence-electron chi connectivity index (χ4n) is 2.95. The third-order valence-corrected chi connectivity index (χ3v) is 3.93. The number of aliphatic hydroxyl groups excluding tert-OH is 1. The van der Waals surface area contributed by atoms with Crippen LogP contribution in [0.3, 0.4) is 0 Å². The normalized spacial score (nSPS) is 12.4. The zero-order valence-electron chi connectivity index (χ0n) is 12.9. The first-order chi connectivity index (χ1) is 9.51. The van der Waals surface area contributed by atoms with Crippen molar-refractivity contribution in [3.8, 4) is 0 Å². The zero-order chi connectivity index (χ0) is 14.7. The molecule has 2 aromatic rings. The highest BCUT2D eigenvalue weighted by Gasteiger charge is 2.14. The average Bonchev–Trinajstić information content (AvgIpc) is 2.38. The number of benzene rings is 2. The van der Waals surface area contributed by atoms with Gasteiger partial charge in [-0.2, -0.15) is 0 Å². The van der Waals surface area contributed by atoms with Gasteiger partial charge in [0.05, 0.1) is 6.10 Å². The van der Waals surface area contributed by atoms with Crippen LogP contribution in [0.25, 0.3) is 0 Å². The molecule has 2 rings (SSSR count). The lowest BCUT2D eigenvalue weighted by Crippen LogP contribution is -2.06. The molecule has 1 heteroatoms. The van der Waals surface area contributed by atoms with Gasteiger partial charge >= 0.3 is 0 Å². The van der Waals surface area contributed by atoms with E-state index in [-0.39, 0.29) is 0 Å². The summed E-state index contributed by atoms with van der Waals surface area (Å²) in [6.07, 6.45) is 1.30. The summed E-state index contributed by atoms with van der Waals surface area (Å²) in [5, 5.41) is 10.6. The van der Waals surface area contributed by atoms with E-state index in [0.717, 1.165) is 12.0 Å². The highest BCUT2D eigenvalue weighted by Crippen LogP contribution is 2.26. The first kappa shape index (κ1) is 14.8. The van der Waals surface area contributed by atoms with Crippen molar-refractivity contribution in [2.24, 2.45) is 0 Å². The fourth-order valence-corrected chi connectivity index (χ4v) is 2.95.